The summed E-state index contributed by atoms with van der Waals surface area (Å²) in [5.41, 5.74) is 6.19. The monoisotopic (exact) mass is 198 g/mol. The predicted molar refractivity (Wildman–Crippen MR) is 62.3 cm³/mol. The van der Waals surface area contributed by atoms with Crippen LogP contribution in [0.4, 0.5) is 0 Å². The fourth-order valence-electron chi connectivity index (χ4n) is 2.65. The SMILES string of the molecule is CCN(CC)C(C)(CN)CC1CCC1. The van der Waals surface area contributed by atoms with Crippen molar-refractivity contribution in [2.24, 2.45) is 11.7 Å². The molecule has 0 aromatic rings. The highest BCUT2D eigenvalue weighted by Gasteiger charge is 2.33. The highest BCUT2D eigenvalue weighted by atomic mass is 15.2. The lowest BCUT2D eigenvalue weighted by Crippen LogP contribution is -2.53. The summed E-state index contributed by atoms with van der Waals surface area (Å²) < 4.78 is 0. The van der Waals surface area contributed by atoms with Gasteiger partial charge in [-0.2, -0.15) is 0 Å². The molecule has 1 rings (SSSR count). The lowest BCUT2D eigenvalue weighted by Gasteiger charge is -2.43. The number of hydrogen-bond acceptors (Lipinski definition) is 2. The third kappa shape index (κ3) is 2.48. The summed E-state index contributed by atoms with van der Waals surface area (Å²) in [4.78, 5) is 2.52. The standard InChI is InChI=1S/C12H26N2/c1-4-14(5-2)12(3,10-13)9-11-7-6-8-11/h11H,4-10,13H2,1-3H3. The van der Waals surface area contributed by atoms with E-state index in [9.17, 15) is 0 Å². The number of rotatable bonds is 6. The van der Waals surface area contributed by atoms with Gasteiger partial charge in [0.15, 0.2) is 0 Å². The maximum Gasteiger partial charge on any atom is 0.0306 e. The number of nitrogens with two attached hydrogens (primary N) is 1. The molecule has 0 aromatic carbocycles. The van der Waals surface area contributed by atoms with E-state index < -0.39 is 0 Å². The summed E-state index contributed by atoms with van der Waals surface area (Å²) in [5, 5.41) is 0. The highest BCUT2D eigenvalue weighted by Crippen LogP contribution is 2.35. The Hall–Kier alpha value is -0.0800. The van der Waals surface area contributed by atoms with Crippen LogP contribution in [-0.2, 0) is 0 Å². The van der Waals surface area contributed by atoms with E-state index in [1.807, 2.05) is 0 Å². The van der Waals surface area contributed by atoms with E-state index in [4.69, 9.17) is 5.73 Å². The lowest BCUT2D eigenvalue weighted by atomic mass is 9.76. The summed E-state index contributed by atoms with van der Waals surface area (Å²) in [6.07, 6.45) is 5.59. The molecule has 0 radical (unpaired) electrons. The summed E-state index contributed by atoms with van der Waals surface area (Å²) in [7, 11) is 0. The second-order valence-corrected chi connectivity index (χ2v) is 4.87. The summed E-state index contributed by atoms with van der Waals surface area (Å²) in [6.45, 7) is 9.84. The molecule has 0 spiro atoms. The van der Waals surface area contributed by atoms with Gasteiger partial charge in [-0.05, 0) is 32.4 Å². The molecule has 2 heteroatoms. The van der Waals surface area contributed by atoms with E-state index in [1.165, 1.54) is 25.7 Å². The predicted octanol–water partition coefficient (Wildman–Crippen LogP) is 2.24. The largest absolute Gasteiger partial charge is 0.329 e. The number of likely N-dealkylation sites (N-methyl/N-ethyl adjacent to an activating group) is 1. The van der Waals surface area contributed by atoms with Crippen LogP contribution in [0.3, 0.4) is 0 Å². The van der Waals surface area contributed by atoms with Crippen LogP contribution in [0.2, 0.25) is 0 Å². The molecule has 0 heterocycles. The van der Waals surface area contributed by atoms with Crippen LogP contribution in [0.15, 0.2) is 0 Å². The van der Waals surface area contributed by atoms with Gasteiger partial charge in [0.05, 0.1) is 0 Å². The Morgan fingerprint density at radius 2 is 1.86 bits per heavy atom. The van der Waals surface area contributed by atoms with Crippen LogP contribution in [0, 0.1) is 5.92 Å². The third-order valence-electron chi connectivity index (χ3n) is 3.92. The quantitative estimate of drug-likeness (QED) is 0.709. The molecule has 1 aliphatic carbocycles. The van der Waals surface area contributed by atoms with E-state index in [-0.39, 0.29) is 5.54 Å². The first-order valence-electron chi connectivity index (χ1n) is 6.11. The maximum absolute atomic E-state index is 5.94. The fraction of sp³-hybridized carbons (Fsp3) is 1.00. The Balaban J connectivity index is 2.52. The molecule has 0 saturated heterocycles. The molecule has 1 atom stereocenters. The summed E-state index contributed by atoms with van der Waals surface area (Å²) in [5.74, 6) is 0.948. The molecule has 0 bridgehead atoms. The molecule has 1 aliphatic rings. The second kappa shape index (κ2) is 5.13. The van der Waals surface area contributed by atoms with E-state index in [0.29, 0.717) is 0 Å². The van der Waals surface area contributed by atoms with Gasteiger partial charge >= 0.3 is 0 Å². The zero-order valence-electron chi connectivity index (χ0n) is 10.1. The number of nitrogens with zero attached hydrogens (tertiary/aromatic N) is 1. The molecule has 1 unspecified atom stereocenters. The average Bonchev–Trinajstić information content (AvgIpc) is 2.13. The Labute approximate surface area is 88.8 Å². The normalized spacial score (nSPS) is 22.1. The van der Waals surface area contributed by atoms with Crippen molar-refractivity contribution in [2.45, 2.75) is 52.0 Å². The zero-order valence-corrected chi connectivity index (χ0v) is 10.1. The van der Waals surface area contributed by atoms with Crippen LogP contribution >= 0.6 is 0 Å². The van der Waals surface area contributed by atoms with Crippen molar-refractivity contribution in [3.8, 4) is 0 Å². The number of hydrogen-bond donors (Lipinski definition) is 1. The van der Waals surface area contributed by atoms with Crippen LogP contribution in [0.25, 0.3) is 0 Å². The van der Waals surface area contributed by atoms with Gasteiger partial charge in [-0.3, -0.25) is 4.90 Å². The van der Waals surface area contributed by atoms with Crippen LogP contribution < -0.4 is 5.73 Å². The summed E-state index contributed by atoms with van der Waals surface area (Å²) >= 11 is 0. The van der Waals surface area contributed by atoms with Gasteiger partial charge in [-0.15, -0.1) is 0 Å². The third-order valence-corrected chi connectivity index (χ3v) is 3.92. The Morgan fingerprint density at radius 3 is 2.14 bits per heavy atom. The van der Waals surface area contributed by atoms with Gasteiger partial charge in [-0.1, -0.05) is 33.1 Å². The molecule has 1 saturated carbocycles. The Morgan fingerprint density at radius 1 is 1.29 bits per heavy atom. The maximum atomic E-state index is 5.94. The first kappa shape index (κ1) is 12.0. The van der Waals surface area contributed by atoms with E-state index in [1.54, 1.807) is 0 Å². The van der Waals surface area contributed by atoms with Crippen LogP contribution in [0.1, 0.15) is 46.5 Å². The van der Waals surface area contributed by atoms with Gasteiger partial charge < -0.3 is 5.73 Å². The molecule has 2 nitrogen and oxygen atoms in total. The van der Waals surface area contributed by atoms with E-state index in [0.717, 1.165) is 25.6 Å². The molecule has 0 aromatic heterocycles. The van der Waals surface area contributed by atoms with Crippen molar-refractivity contribution in [3.05, 3.63) is 0 Å². The Bertz CT molecular complexity index is 162. The van der Waals surface area contributed by atoms with Crippen molar-refractivity contribution in [1.82, 2.24) is 4.90 Å². The van der Waals surface area contributed by atoms with Crippen molar-refractivity contribution in [3.63, 3.8) is 0 Å². The van der Waals surface area contributed by atoms with Crippen molar-refractivity contribution in [1.29, 1.82) is 0 Å². The van der Waals surface area contributed by atoms with Gasteiger partial charge in [0, 0.05) is 12.1 Å². The average molecular weight is 198 g/mol. The van der Waals surface area contributed by atoms with Gasteiger partial charge in [0.2, 0.25) is 0 Å². The molecule has 2 N–H and O–H groups in total. The minimum absolute atomic E-state index is 0.245. The zero-order chi connectivity index (χ0) is 10.6. The highest BCUT2D eigenvalue weighted by molar-refractivity contribution is 4.90. The van der Waals surface area contributed by atoms with E-state index >= 15 is 0 Å². The Kier molecular flexibility index (Phi) is 4.39. The topological polar surface area (TPSA) is 29.3 Å². The van der Waals surface area contributed by atoms with Crippen LogP contribution in [0.5, 0.6) is 0 Å². The van der Waals surface area contributed by atoms with Crippen LogP contribution in [-0.4, -0.2) is 30.1 Å². The van der Waals surface area contributed by atoms with E-state index in [2.05, 4.69) is 25.7 Å². The molecule has 84 valence electrons. The molecule has 14 heavy (non-hydrogen) atoms. The summed E-state index contributed by atoms with van der Waals surface area (Å²) in [6, 6.07) is 0. The lowest BCUT2D eigenvalue weighted by molar-refractivity contribution is 0.0775. The molecule has 1 fully saturated rings. The minimum atomic E-state index is 0.245. The van der Waals surface area contributed by atoms with Crippen molar-refractivity contribution >= 4 is 0 Å². The first-order valence-corrected chi connectivity index (χ1v) is 6.11. The molecular weight excluding hydrogens is 172 g/mol. The van der Waals surface area contributed by atoms with Gasteiger partial charge in [0.25, 0.3) is 0 Å². The fourth-order valence-corrected chi connectivity index (χ4v) is 2.65. The molecule has 0 amide bonds. The minimum Gasteiger partial charge on any atom is -0.329 e. The van der Waals surface area contributed by atoms with Gasteiger partial charge in [-0.25, -0.2) is 0 Å². The smallest absolute Gasteiger partial charge is 0.0306 e. The van der Waals surface area contributed by atoms with Gasteiger partial charge in [0.1, 0.15) is 0 Å². The molecular formula is C12H26N2. The van der Waals surface area contributed by atoms with Crippen molar-refractivity contribution < 1.29 is 0 Å². The second-order valence-electron chi connectivity index (χ2n) is 4.87. The first-order chi connectivity index (χ1) is 6.66. The molecule has 0 aliphatic heterocycles. The van der Waals surface area contributed by atoms with Crippen molar-refractivity contribution in [2.75, 3.05) is 19.6 Å².